The zero-order chi connectivity index (χ0) is 31.3. The molecule has 230 valence electrons. The van der Waals surface area contributed by atoms with Crippen molar-refractivity contribution in [2.75, 3.05) is 0 Å². The first-order valence-corrected chi connectivity index (χ1v) is 15.5. The van der Waals surface area contributed by atoms with Crippen LogP contribution in [0.5, 0.6) is 0 Å². The number of rotatable bonds is 9. The maximum Gasteiger partial charge on any atom is 0.333 e. The van der Waals surface area contributed by atoms with Crippen molar-refractivity contribution in [1.29, 1.82) is 5.26 Å². The molecule has 2 aliphatic carbocycles. The fourth-order valence-electron chi connectivity index (χ4n) is 6.98. The van der Waals surface area contributed by atoms with Gasteiger partial charge in [0.1, 0.15) is 22.7 Å². The van der Waals surface area contributed by atoms with Gasteiger partial charge in [0.25, 0.3) is 5.56 Å². The fraction of sp³-hybridized carbons (Fsp3) is 0.469. The van der Waals surface area contributed by atoms with E-state index in [0.717, 1.165) is 41.4 Å². The number of carboxylic acid groups (broad SMARTS) is 1. The Balaban J connectivity index is 1.53. The Bertz CT molecular complexity index is 1870. The van der Waals surface area contributed by atoms with Crippen molar-refractivity contribution in [3.8, 4) is 16.8 Å². The lowest BCUT2D eigenvalue weighted by molar-refractivity contribution is -0.146. The standard InChI is InChI=1S/C32H34N4O7S/c1-17-25-28(38)36(32(2,3)30(39)40)31(41)35(29(25)44-26(17)27-34-10-11-42-27)16-24(23-7-5-4-6-18(23)8-9-33)43-22-14-19-12-21(37)13-20(19)15-22/h4-7,10-11,19-22,24,37H,8,12-16H2,1-3H3,(H,39,40)/t19-,20?,21?,22?,24?/m0/s1. The van der Waals surface area contributed by atoms with Crippen LogP contribution >= 0.6 is 11.3 Å². The molecule has 6 rings (SSSR count). The average Bonchev–Trinajstić information content (AvgIpc) is 3.75. The molecule has 5 atom stereocenters. The summed E-state index contributed by atoms with van der Waals surface area (Å²) in [4.78, 5) is 45.7. The molecule has 2 fully saturated rings. The van der Waals surface area contributed by atoms with Gasteiger partial charge < -0.3 is 19.4 Å². The van der Waals surface area contributed by atoms with E-state index in [1.54, 1.807) is 6.92 Å². The van der Waals surface area contributed by atoms with Crippen LogP contribution in [0.15, 0.2) is 50.7 Å². The number of ether oxygens (including phenoxy) is 1. The molecular weight excluding hydrogens is 584 g/mol. The number of nitriles is 1. The van der Waals surface area contributed by atoms with Crippen LogP contribution in [-0.4, -0.2) is 42.5 Å². The molecule has 44 heavy (non-hydrogen) atoms. The van der Waals surface area contributed by atoms with Crippen LogP contribution in [0.3, 0.4) is 0 Å². The second-order valence-electron chi connectivity index (χ2n) is 12.4. The number of aliphatic hydroxyl groups excluding tert-OH is 1. The Labute approximate surface area is 257 Å². The van der Waals surface area contributed by atoms with Crippen molar-refractivity contribution in [3.63, 3.8) is 0 Å². The van der Waals surface area contributed by atoms with E-state index in [1.165, 1.54) is 42.2 Å². The molecule has 1 aromatic carbocycles. The van der Waals surface area contributed by atoms with Gasteiger partial charge in [-0.05, 0) is 75.0 Å². The van der Waals surface area contributed by atoms with E-state index in [4.69, 9.17) is 9.15 Å². The van der Waals surface area contributed by atoms with Gasteiger partial charge in [-0.3, -0.25) is 9.36 Å². The molecule has 2 aliphatic rings. The number of aryl methyl sites for hydroxylation is 1. The highest BCUT2D eigenvalue weighted by atomic mass is 32.1. The SMILES string of the molecule is Cc1c(-c2ncco2)sc2c1c(=O)n(C(C)(C)C(=O)O)c(=O)n2CC(OC1CC2CC(O)C[C@H]2C1)c1ccccc1CC#N. The van der Waals surface area contributed by atoms with Crippen LogP contribution in [0.1, 0.15) is 62.3 Å². The molecule has 2 N–H and O–H groups in total. The predicted octanol–water partition coefficient (Wildman–Crippen LogP) is 4.38. The average molecular weight is 619 g/mol. The number of aliphatic hydroxyl groups is 1. The lowest BCUT2D eigenvalue weighted by Gasteiger charge is -2.28. The third-order valence-corrected chi connectivity index (χ3v) is 10.5. The molecule has 4 unspecified atom stereocenters. The van der Waals surface area contributed by atoms with E-state index < -0.39 is 28.9 Å². The Morgan fingerprint density at radius 3 is 2.57 bits per heavy atom. The van der Waals surface area contributed by atoms with Crippen LogP contribution in [0.2, 0.25) is 0 Å². The molecule has 0 aliphatic heterocycles. The zero-order valence-electron chi connectivity index (χ0n) is 24.7. The number of fused-ring (bicyclic) bond motifs is 2. The number of benzene rings is 1. The molecule has 0 radical (unpaired) electrons. The van der Waals surface area contributed by atoms with Gasteiger partial charge in [0.15, 0.2) is 0 Å². The highest BCUT2D eigenvalue weighted by molar-refractivity contribution is 7.22. The van der Waals surface area contributed by atoms with Crippen molar-refractivity contribution in [2.24, 2.45) is 11.8 Å². The molecule has 11 nitrogen and oxygen atoms in total. The summed E-state index contributed by atoms with van der Waals surface area (Å²) in [6.45, 7) is 4.36. The highest BCUT2D eigenvalue weighted by Gasteiger charge is 2.43. The summed E-state index contributed by atoms with van der Waals surface area (Å²) in [6.07, 6.45) is 5.00. The van der Waals surface area contributed by atoms with Gasteiger partial charge in [0, 0.05) is 0 Å². The normalized spacial score (nSPS) is 22.2. The number of aromatic nitrogens is 3. The molecule has 0 saturated heterocycles. The van der Waals surface area contributed by atoms with Crippen LogP contribution in [-0.2, 0) is 28.0 Å². The molecular formula is C32H34N4O7S. The number of aliphatic carboxylic acids is 1. The quantitative estimate of drug-likeness (QED) is 0.277. The van der Waals surface area contributed by atoms with E-state index in [-0.39, 0.29) is 36.5 Å². The summed E-state index contributed by atoms with van der Waals surface area (Å²) in [7, 11) is 0. The molecule has 0 spiro atoms. The zero-order valence-corrected chi connectivity index (χ0v) is 25.5. The third-order valence-electron chi connectivity index (χ3n) is 9.25. The highest BCUT2D eigenvalue weighted by Crippen LogP contribution is 2.46. The number of hydrogen-bond acceptors (Lipinski definition) is 9. The minimum absolute atomic E-state index is 0.0206. The summed E-state index contributed by atoms with van der Waals surface area (Å²) in [6, 6.07) is 9.66. The monoisotopic (exact) mass is 618 g/mol. The second-order valence-corrected chi connectivity index (χ2v) is 13.4. The van der Waals surface area contributed by atoms with E-state index in [1.807, 2.05) is 24.3 Å². The lowest BCUT2D eigenvalue weighted by atomic mass is 9.99. The Morgan fingerprint density at radius 1 is 1.23 bits per heavy atom. The van der Waals surface area contributed by atoms with Crippen molar-refractivity contribution in [2.45, 2.75) is 83.3 Å². The number of thiophene rings is 1. The van der Waals surface area contributed by atoms with Gasteiger partial charge in [-0.2, -0.15) is 5.26 Å². The number of nitrogens with zero attached hydrogens (tertiary/aromatic N) is 4. The minimum Gasteiger partial charge on any atom is -0.480 e. The van der Waals surface area contributed by atoms with Crippen LogP contribution in [0.4, 0.5) is 0 Å². The summed E-state index contributed by atoms with van der Waals surface area (Å²) < 4.78 is 14.6. The van der Waals surface area contributed by atoms with E-state index in [9.17, 15) is 29.9 Å². The molecule has 4 aromatic rings. The second kappa shape index (κ2) is 11.5. The first-order chi connectivity index (χ1) is 21.0. The van der Waals surface area contributed by atoms with Crippen LogP contribution in [0.25, 0.3) is 21.0 Å². The van der Waals surface area contributed by atoms with Gasteiger partial charge in [0.05, 0.1) is 47.7 Å². The van der Waals surface area contributed by atoms with E-state index >= 15 is 0 Å². The number of hydrogen-bond donors (Lipinski definition) is 2. The van der Waals surface area contributed by atoms with Gasteiger partial charge in [-0.1, -0.05) is 24.3 Å². The molecule has 3 heterocycles. The van der Waals surface area contributed by atoms with Crippen molar-refractivity contribution >= 4 is 27.5 Å². The summed E-state index contributed by atoms with van der Waals surface area (Å²) >= 11 is 1.18. The topological polar surface area (TPSA) is 161 Å². The van der Waals surface area contributed by atoms with Gasteiger partial charge in [0.2, 0.25) is 5.89 Å². The van der Waals surface area contributed by atoms with Crippen molar-refractivity contribution in [1.82, 2.24) is 14.1 Å². The minimum atomic E-state index is -1.85. The van der Waals surface area contributed by atoms with Gasteiger partial charge >= 0.3 is 11.7 Å². The van der Waals surface area contributed by atoms with Crippen molar-refractivity contribution in [3.05, 3.63) is 74.3 Å². The Morgan fingerprint density at radius 2 is 1.93 bits per heavy atom. The summed E-state index contributed by atoms with van der Waals surface area (Å²) in [5, 5.41) is 30.0. The smallest absolute Gasteiger partial charge is 0.333 e. The van der Waals surface area contributed by atoms with Crippen LogP contribution in [0, 0.1) is 30.1 Å². The maximum atomic E-state index is 14.3. The van der Waals surface area contributed by atoms with Crippen molar-refractivity contribution < 1.29 is 24.2 Å². The molecule has 12 heteroatoms. The van der Waals surface area contributed by atoms with Gasteiger partial charge in [-0.25, -0.2) is 19.1 Å². The summed E-state index contributed by atoms with van der Waals surface area (Å²) in [5.74, 6) is -0.310. The third kappa shape index (κ3) is 5.08. The molecule has 3 aromatic heterocycles. The fourth-order valence-corrected chi connectivity index (χ4v) is 8.22. The maximum absolute atomic E-state index is 14.3. The number of oxazole rings is 1. The molecule has 2 saturated carbocycles. The Hall–Kier alpha value is -4.05. The Kier molecular flexibility index (Phi) is 7.82. The summed E-state index contributed by atoms with van der Waals surface area (Å²) in [5.41, 5.74) is -1.27. The lowest BCUT2D eigenvalue weighted by Crippen LogP contribution is -2.52. The number of carbonyl (C=O) groups is 1. The van der Waals surface area contributed by atoms with Crippen LogP contribution < -0.4 is 11.2 Å². The molecule has 0 amide bonds. The van der Waals surface area contributed by atoms with E-state index in [2.05, 4.69) is 11.1 Å². The van der Waals surface area contributed by atoms with E-state index in [0.29, 0.717) is 27.1 Å². The first kappa shape index (κ1) is 30.0. The molecule has 0 bridgehead atoms. The van der Waals surface area contributed by atoms with Gasteiger partial charge in [-0.15, -0.1) is 11.3 Å². The largest absolute Gasteiger partial charge is 0.480 e. The number of carboxylic acids is 1. The predicted molar refractivity (Wildman–Crippen MR) is 162 cm³/mol. The first-order valence-electron chi connectivity index (χ1n) is 14.7.